The summed E-state index contributed by atoms with van der Waals surface area (Å²) in [7, 11) is 0. The van der Waals surface area contributed by atoms with Crippen LogP contribution in [0.2, 0.25) is 0 Å². The van der Waals surface area contributed by atoms with Crippen molar-refractivity contribution >= 4 is 22.8 Å². The predicted octanol–water partition coefficient (Wildman–Crippen LogP) is 3.85. The molecule has 32 heavy (non-hydrogen) atoms. The van der Waals surface area contributed by atoms with Crippen LogP contribution in [-0.4, -0.2) is 50.8 Å². The number of halogens is 2. The van der Waals surface area contributed by atoms with Gasteiger partial charge in [0.2, 0.25) is 5.95 Å². The number of benzene rings is 2. The number of rotatable bonds is 6. The fourth-order valence-electron chi connectivity index (χ4n) is 4.08. The van der Waals surface area contributed by atoms with Gasteiger partial charge < -0.3 is 16.0 Å². The van der Waals surface area contributed by atoms with Crippen LogP contribution in [0, 0.1) is 11.6 Å². The van der Waals surface area contributed by atoms with Crippen molar-refractivity contribution in [2.24, 2.45) is 0 Å². The van der Waals surface area contributed by atoms with E-state index in [1.54, 1.807) is 30.3 Å². The Hall–Kier alpha value is -3.59. The zero-order chi connectivity index (χ0) is 22.1. The van der Waals surface area contributed by atoms with Gasteiger partial charge >= 0.3 is 0 Å². The highest BCUT2D eigenvalue weighted by atomic mass is 19.1. The summed E-state index contributed by atoms with van der Waals surface area (Å²) in [5, 5.41) is 8.14. The van der Waals surface area contributed by atoms with Crippen molar-refractivity contribution in [3.05, 3.63) is 60.2 Å². The lowest BCUT2D eigenvalue weighted by molar-refractivity contribution is 0.352. The molecule has 0 atom stereocenters. The molecule has 5 rings (SSSR count). The third-order valence-corrected chi connectivity index (χ3v) is 5.66. The topological polar surface area (TPSA) is 84.9 Å². The SMILES string of the molecule is Nc1c2c(-c3ccccc3F)nc(NCCN3CCCC3)nc2nn1-c1cccc(F)c1. The maximum Gasteiger partial charge on any atom is 0.225 e. The van der Waals surface area contributed by atoms with E-state index in [4.69, 9.17) is 5.73 Å². The van der Waals surface area contributed by atoms with Gasteiger partial charge in [-0.15, -0.1) is 5.10 Å². The second kappa shape index (κ2) is 8.51. The smallest absolute Gasteiger partial charge is 0.225 e. The van der Waals surface area contributed by atoms with Crippen molar-refractivity contribution in [2.45, 2.75) is 12.8 Å². The van der Waals surface area contributed by atoms with E-state index in [2.05, 4.69) is 25.3 Å². The fraction of sp³-hybridized carbons (Fsp3) is 0.261. The van der Waals surface area contributed by atoms with Gasteiger partial charge in [0, 0.05) is 18.7 Å². The van der Waals surface area contributed by atoms with Crippen molar-refractivity contribution in [1.29, 1.82) is 0 Å². The Bertz CT molecular complexity index is 1260. The van der Waals surface area contributed by atoms with Gasteiger partial charge in [0.05, 0.1) is 16.8 Å². The normalized spacial score (nSPS) is 14.3. The molecule has 4 aromatic rings. The second-order valence-electron chi connectivity index (χ2n) is 7.83. The molecule has 1 saturated heterocycles. The Kier molecular flexibility index (Phi) is 5.40. The molecule has 3 heterocycles. The minimum atomic E-state index is -0.423. The quantitative estimate of drug-likeness (QED) is 0.479. The molecule has 1 aliphatic rings. The summed E-state index contributed by atoms with van der Waals surface area (Å²) >= 11 is 0. The summed E-state index contributed by atoms with van der Waals surface area (Å²) in [4.78, 5) is 11.5. The summed E-state index contributed by atoms with van der Waals surface area (Å²) in [5.41, 5.74) is 7.79. The molecule has 3 N–H and O–H groups in total. The zero-order valence-corrected chi connectivity index (χ0v) is 17.4. The van der Waals surface area contributed by atoms with Gasteiger partial charge in [-0.25, -0.2) is 18.4 Å². The van der Waals surface area contributed by atoms with E-state index in [1.807, 2.05) is 0 Å². The molecule has 0 unspecified atom stereocenters. The molecule has 0 saturated carbocycles. The first-order valence-electron chi connectivity index (χ1n) is 10.6. The fourth-order valence-corrected chi connectivity index (χ4v) is 4.08. The maximum absolute atomic E-state index is 14.7. The van der Waals surface area contributed by atoms with Crippen LogP contribution in [0.4, 0.5) is 20.5 Å². The van der Waals surface area contributed by atoms with E-state index in [1.165, 1.54) is 35.7 Å². The number of nitrogens with two attached hydrogens (primary N) is 1. The molecule has 1 aliphatic heterocycles. The molecular formula is C23H23F2N7. The monoisotopic (exact) mass is 435 g/mol. The van der Waals surface area contributed by atoms with Crippen LogP contribution in [0.3, 0.4) is 0 Å². The Balaban J connectivity index is 1.59. The van der Waals surface area contributed by atoms with Gasteiger partial charge in [-0.1, -0.05) is 18.2 Å². The highest BCUT2D eigenvalue weighted by Crippen LogP contribution is 2.34. The molecule has 7 nitrogen and oxygen atoms in total. The van der Waals surface area contributed by atoms with E-state index < -0.39 is 11.6 Å². The van der Waals surface area contributed by atoms with Crippen LogP contribution in [-0.2, 0) is 0 Å². The Labute approximate surface area is 183 Å². The van der Waals surface area contributed by atoms with Gasteiger partial charge in [0.25, 0.3) is 0 Å². The minimum absolute atomic E-state index is 0.215. The summed E-state index contributed by atoms with van der Waals surface area (Å²) in [5.74, 6) is -0.272. The van der Waals surface area contributed by atoms with E-state index >= 15 is 0 Å². The van der Waals surface area contributed by atoms with Crippen LogP contribution >= 0.6 is 0 Å². The second-order valence-corrected chi connectivity index (χ2v) is 7.83. The number of aromatic nitrogens is 4. The average Bonchev–Trinajstić information content (AvgIpc) is 3.42. The van der Waals surface area contributed by atoms with Crippen molar-refractivity contribution in [3.63, 3.8) is 0 Å². The molecule has 164 valence electrons. The Morgan fingerprint density at radius 2 is 1.81 bits per heavy atom. The van der Waals surface area contributed by atoms with E-state index in [9.17, 15) is 8.78 Å². The van der Waals surface area contributed by atoms with Crippen LogP contribution in [0.15, 0.2) is 48.5 Å². The van der Waals surface area contributed by atoms with Gasteiger partial charge in [-0.05, 0) is 56.3 Å². The maximum atomic E-state index is 14.7. The number of hydrogen-bond donors (Lipinski definition) is 2. The highest BCUT2D eigenvalue weighted by Gasteiger charge is 2.21. The number of nitrogens with zero attached hydrogens (tertiary/aromatic N) is 5. The van der Waals surface area contributed by atoms with Crippen molar-refractivity contribution in [1.82, 2.24) is 24.6 Å². The highest BCUT2D eigenvalue weighted by molar-refractivity contribution is 5.99. The first kappa shape index (κ1) is 20.3. The molecule has 1 fully saturated rings. The third kappa shape index (κ3) is 3.87. The van der Waals surface area contributed by atoms with Gasteiger partial charge in [0.15, 0.2) is 5.65 Å². The number of anilines is 2. The van der Waals surface area contributed by atoms with Crippen molar-refractivity contribution in [3.8, 4) is 16.9 Å². The van der Waals surface area contributed by atoms with Gasteiger partial charge in [-0.2, -0.15) is 4.98 Å². The lowest BCUT2D eigenvalue weighted by atomic mass is 10.1. The summed E-state index contributed by atoms with van der Waals surface area (Å²) in [6, 6.07) is 12.3. The predicted molar refractivity (Wildman–Crippen MR) is 121 cm³/mol. The molecule has 0 aliphatic carbocycles. The molecule has 0 radical (unpaired) electrons. The van der Waals surface area contributed by atoms with E-state index in [0.717, 1.165) is 19.6 Å². The average molecular weight is 435 g/mol. The van der Waals surface area contributed by atoms with Gasteiger partial charge in [0.1, 0.15) is 17.5 Å². The molecule has 0 spiro atoms. The first-order valence-corrected chi connectivity index (χ1v) is 10.6. The Morgan fingerprint density at radius 1 is 1.00 bits per heavy atom. The van der Waals surface area contributed by atoms with E-state index in [-0.39, 0.29) is 5.82 Å². The molecule has 0 amide bonds. The van der Waals surface area contributed by atoms with Crippen LogP contribution in [0.1, 0.15) is 12.8 Å². The molecule has 0 bridgehead atoms. The van der Waals surface area contributed by atoms with Crippen LogP contribution in [0.5, 0.6) is 0 Å². The van der Waals surface area contributed by atoms with Crippen LogP contribution in [0.25, 0.3) is 28.0 Å². The lowest BCUT2D eigenvalue weighted by Crippen LogP contribution is -2.26. The largest absolute Gasteiger partial charge is 0.383 e. The standard InChI is InChI=1S/C23H23F2N7/c24-15-6-5-7-16(14-15)32-21(26)19-20(17-8-1-2-9-18(17)25)28-23(29-22(19)30-32)27-10-13-31-11-3-4-12-31/h1-2,5-9,14H,3-4,10-13,26H2,(H,27,29,30). The lowest BCUT2D eigenvalue weighted by Gasteiger charge is -2.15. The van der Waals surface area contributed by atoms with E-state index in [0.29, 0.717) is 40.5 Å². The summed E-state index contributed by atoms with van der Waals surface area (Å²) in [6.45, 7) is 3.71. The number of nitrogen functional groups attached to an aromatic ring is 1. The van der Waals surface area contributed by atoms with Crippen LogP contribution < -0.4 is 11.1 Å². The van der Waals surface area contributed by atoms with Gasteiger partial charge in [-0.3, -0.25) is 0 Å². The van der Waals surface area contributed by atoms with Crippen molar-refractivity contribution in [2.75, 3.05) is 37.2 Å². The van der Waals surface area contributed by atoms with Crippen molar-refractivity contribution < 1.29 is 8.78 Å². The minimum Gasteiger partial charge on any atom is -0.383 e. The first-order chi connectivity index (χ1) is 15.6. The number of hydrogen-bond acceptors (Lipinski definition) is 6. The summed E-state index contributed by atoms with van der Waals surface area (Å²) in [6.07, 6.45) is 2.44. The Morgan fingerprint density at radius 3 is 2.59 bits per heavy atom. The molecule has 2 aromatic carbocycles. The molecule has 2 aromatic heterocycles. The third-order valence-electron chi connectivity index (χ3n) is 5.66. The summed E-state index contributed by atoms with van der Waals surface area (Å²) < 4.78 is 29.9. The molecular weight excluding hydrogens is 412 g/mol. The number of fused-ring (bicyclic) bond motifs is 1. The number of likely N-dealkylation sites (tertiary alicyclic amines) is 1. The zero-order valence-electron chi connectivity index (χ0n) is 17.4. The number of nitrogens with one attached hydrogen (secondary N) is 1. The molecule has 9 heteroatoms.